The van der Waals surface area contributed by atoms with Crippen LogP contribution in [0.1, 0.15) is 35.6 Å². The highest BCUT2D eigenvalue weighted by Crippen LogP contribution is 2.37. The van der Waals surface area contributed by atoms with Gasteiger partial charge in [-0.3, -0.25) is 4.90 Å². The number of hydrogen-bond donors (Lipinski definition) is 1. The van der Waals surface area contributed by atoms with Crippen molar-refractivity contribution in [1.82, 2.24) is 9.88 Å². The van der Waals surface area contributed by atoms with E-state index in [-0.39, 0.29) is 0 Å². The van der Waals surface area contributed by atoms with Gasteiger partial charge in [0.05, 0.1) is 22.4 Å². The zero-order chi connectivity index (χ0) is 15.6. The van der Waals surface area contributed by atoms with Crippen LogP contribution < -0.4 is 0 Å². The maximum absolute atomic E-state index is 10.5. The number of benzene rings is 2. The minimum atomic E-state index is -0.439. The summed E-state index contributed by atoms with van der Waals surface area (Å²) in [4.78, 5) is 7.20. The normalized spacial score (nSPS) is 20.1. The first-order valence-electron chi connectivity index (χ1n) is 8.14. The molecule has 0 bridgehead atoms. The first kappa shape index (κ1) is 14.8. The van der Waals surface area contributed by atoms with Gasteiger partial charge in [0, 0.05) is 6.54 Å². The molecular formula is C19H20N2OS. The number of aliphatic hydroxyl groups is 1. The highest BCUT2D eigenvalue weighted by atomic mass is 32.1. The molecule has 118 valence electrons. The minimum Gasteiger partial charge on any atom is -0.387 e. The molecule has 1 N–H and O–H groups in total. The Morgan fingerprint density at radius 3 is 2.74 bits per heavy atom. The number of likely N-dealkylation sites (tertiary alicyclic amines) is 1. The van der Waals surface area contributed by atoms with Crippen molar-refractivity contribution in [3.63, 3.8) is 0 Å². The van der Waals surface area contributed by atoms with E-state index in [1.54, 1.807) is 11.3 Å². The molecule has 1 aromatic heterocycles. The maximum Gasteiger partial charge on any atom is 0.111 e. The molecule has 1 fully saturated rings. The van der Waals surface area contributed by atoms with Gasteiger partial charge in [0.1, 0.15) is 5.01 Å². The van der Waals surface area contributed by atoms with E-state index in [1.807, 2.05) is 36.4 Å². The number of nitrogens with zero attached hydrogens (tertiary/aromatic N) is 2. The summed E-state index contributed by atoms with van der Waals surface area (Å²) in [5.41, 5.74) is 2.07. The Kier molecular flexibility index (Phi) is 4.12. The molecule has 1 aliphatic heterocycles. The SMILES string of the molecule is O[C@H](CN1CCC[C@H]1c1nc2ccccc2s1)c1ccccc1. The quantitative estimate of drug-likeness (QED) is 0.782. The molecule has 2 aromatic carbocycles. The fourth-order valence-corrected chi connectivity index (χ4v) is 4.50. The monoisotopic (exact) mass is 324 g/mol. The number of aromatic nitrogens is 1. The highest BCUT2D eigenvalue weighted by Gasteiger charge is 2.30. The predicted octanol–water partition coefficient (Wildman–Crippen LogP) is 4.17. The van der Waals surface area contributed by atoms with E-state index in [2.05, 4.69) is 23.1 Å². The predicted molar refractivity (Wildman–Crippen MR) is 94.6 cm³/mol. The molecule has 3 nitrogen and oxygen atoms in total. The van der Waals surface area contributed by atoms with Crippen LogP contribution >= 0.6 is 11.3 Å². The Morgan fingerprint density at radius 1 is 1.13 bits per heavy atom. The van der Waals surface area contributed by atoms with Crippen molar-refractivity contribution < 1.29 is 5.11 Å². The van der Waals surface area contributed by atoms with E-state index in [0.29, 0.717) is 12.6 Å². The second-order valence-electron chi connectivity index (χ2n) is 6.10. The summed E-state index contributed by atoms with van der Waals surface area (Å²) in [6, 6.07) is 18.6. The smallest absolute Gasteiger partial charge is 0.111 e. The van der Waals surface area contributed by atoms with Gasteiger partial charge in [0.25, 0.3) is 0 Å². The van der Waals surface area contributed by atoms with Gasteiger partial charge in [-0.1, -0.05) is 42.5 Å². The summed E-state index contributed by atoms with van der Waals surface area (Å²) in [5, 5.41) is 11.7. The Bertz CT molecular complexity index is 753. The van der Waals surface area contributed by atoms with Crippen LogP contribution in [0.3, 0.4) is 0 Å². The van der Waals surface area contributed by atoms with Gasteiger partial charge in [0.2, 0.25) is 0 Å². The topological polar surface area (TPSA) is 36.4 Å². The molecule has 0 unspecified atom stereocenters. The number of β-amino-alcohol motifs (C(OH)–C–C–N with tert-alkyl or cyclic N) is 1. The van der Waals surface area contributed by atoms with Crippen molar-refractivity contribution in [3.05, 3.63) is 65.2 Å². The third-order valence-electron chi connectivity index (χ3n) is 4.55. The van der Waals surface area contributed by atoms with Crippen LogP contribution in [-0.4, -0.2) is 28.1 Å². The van der Waals surface area contributed by atoms with Crippen molar-refractivity contribution in [1.29, 1.82) is 0 Å². The molecule has 0 spiro atoms. The Balaban J connectivity index is 1.54. The van der Waals surface area contributed by atoms with E-state index in [9.17, 15) is 5.11 Å². The largest absolute Gasteiger partial charge is 0.387 e. The lowest BCUT2D eigenvalue weighted by atomic mass is 10.1. The van der Waals surface area contributed by atoms with Crippen molar-refractivity contribution in [3.8, 4) is 0 Å². The molecule has 4 rings (SSSR count). The number of fused-ring (bicyclic) bond motifs is 1. The average molecular weight is 324 g/mol. The van der Waals surface area contributed by atoms with E-state index in [1.165, 1.54) is 16.1 Å². The first-order chi connectivity index (χ1) is 11.3. The molecule has 1 saturated heterocycles. The zero-order valence-corrected chi connectivity index (χ0v) is 13.7. The van der Waals surface area contributed by atoms with E-state index < -0.39 is 6.10 Å². The lowest BCUT2D eigenvalue weighted by molar-refractivity contribution is 0.106. The van der Waals surface area contributed by atoms with Crippen LogP contribution in [-0.2, 0) is 0 Å². The van der Waals surface area contributed by atoms with Gasteiger partial charge in [-0.2, -0.15) is 0 Å². The lowest BCUT2D eigenvalue weighted by Gasteiger charge is -2.25. The van der Waals surface area contributed by atoms with Crippen LogP contribution in [0.5, 0.6) is 0 Å². The van der Waals surface area contributed by atoms with Gasteiger partial charge in [-0.05, 0) is 37.1 Å². The van der Waals surface area contributed by atoms with Crippen LogP contribution in [0.25, 0.3) is 10.2 Å². The molecule has 0 radical (unpaired) electrons. The van der Waals surface area contributed by atoms with Gasteiger partial charge in [-0.15, -0.1) is 11.3 Å². The van der Waals surface area contributed by atoms with Crippen LogP contribution in [0, 0.1) is 0 Å². The molecule has 4 heteroatoms. The van der Waals surface area contributed by atoms with Crippen LogP contribution in [0.15, 0.2) is 54.6 Å². The van der Waals surface area contributed by atoms with E-state index >= 15 is 0 Å². The summed E-state index contributed by atoms with van der Waals surface area (Å²) in [5.74, 6) is 0. The second kappa shape index (κ2) is 6.40. The average Bonchev–Trinajstić information content (AvgIpc) is 3.21. The first-order valence-corrected chi connectivity index (χ1v) is 8.95. The lowest BCUT2D eigenvalue weighted by Crippen LogP contribution is -2.28. The van der Waals surface area contributed by atoms with E-state index in [4.69, 9.17) is 4.98 Å². The maximum atomic E-state index is 10.5. The molecule has 0 aliphatic carbocycles. The van der Waals surface area contributed by atoms with Gasteiger partial charge in [-0.25, -0.2) is 4.98 Å². The number of thiazole rings is 1. The summed E-state index contributed by atoms with van der Waals surface area (Å²) in [6.07, 6.45) is 1.86. The molecule has 23 heavy (non-hydrogen) atoms. The molecule has 2 atom stereocenters. The minimum absolute atomic E-state index is 0.339. The second-order valence-corrected chi connectivity index (χ2v) is 7.16. The van der Waals surface area contributed by atoms with Crippen LogP contribution in [0.2, 0.25) is 0 Å². The number of aliphatic hydroxyl groups excluding tert-OH is 1. The molecule has 0 amide bonds. The zero-order valence-electron chi connectivity index (χ0n) is 12.9. The van der Waals surface area contributed by atoms with Crippen molar-refractivity contribution >= 4 is 21.6 Å². The Hall–Kier alpha value is -1.75. The fraction of sp³-hybridized carbons (Fsp3) is 0.316. The number of para-hydroxylation sites is 1. The molecule has 0 saturated carbocycles. The Morgan fingerprint density at radius 2 is 1.91 bits per heavy atom. The summed E-state index contributed by atoms with van der Waals surface area (Å²) < 4.78 is 1.25. The fourth-order valence-electron chi connectivity index (χ4n) is 3.36. The standard InChI is InChI=1S/C19H20N2OS/c22-17(14-7-2-1-3-8-14)13-21-12-6-10-16(21)19-20-15-9-4-5-11-18(15)23-19/h1-5,7-9,11,16-17,22H,6,10,12-13H2/t16-,17+/m0/s1. The van der Waals surface area contributed by atoms with Gasteiger partial charge in [0.15, 0.2) is 0 Å². The molecule has 3 aromatic rings. The molecular weight excluding hydrogens is 304 g/mol. The summed E-state index contributed by atoms with van der Waals surface area (Å²) in [6.45, 7) is 1.70. The number of rotatable bonds is 4. The molecule has 1 aliphatic rings. The highest BCUT2D eigenvalue weighted by molar-refractivity contribution is 7.18. The van der Waals surface area contributed by atoms with Crippen LogP contribution in [0.4, 0.5) is 0 Å². The number of hydrogen-bond acceptors (Lipinski definition) is 4. The molecule has 2 heterocycles. The summed E-state index contributed by atoms with van der Waals surface area (Å²) >= 11 is 1.79. The van der Waals surface area contributed by atoms with E-state index in [0.717, 1.165) is 24.0 Å². The third-order valence-corrected chi connectivity index (χ3v) is 5.69. The van der Waals surface area contributed by atoms with Gasteiger partial charge >= 0.3 is 0 Å². The third kappa shape index (κ3) is 3.02. The van der Waals surface area contributed by atoms with Crippen molar-refractivity contribution in [2.45, 2.75) is 25.0 Å². The van der Waals surface area contributed by atoms with Crippen molar-refractivity contribution in [2.24, 2.45) is 0 Å². The van der Waals surface area contributed by atoms with Crippen molar-refractivity contribution in [2.75, 3.05) is 13.1 Å². The Labute approximate surface area is 140 Å². The van der Waals surface area contributed by atoms with Gasteiger partial charge < -0.3 is 5.11 Å². The summed E-state index contributed by atoms with van der Waals surface area (Å²) in [7, 11) is 0.